The predicted octanol–water partition coefficient (Wildman–Crippen LogP) is 2.53. The van der Waals surface area contributed by atoms with Gasteiger partial charge in [-0.05, 0) is 38.6 Å². The third-order valence-electron chi connectivity index (χ3n) is 4.12. The maximum Gasteiger partial charge on any atom is 0.0486 e. The molecule has 1 aliphatic rings. The molecule has 2 heterocycles. The van der Waals surface area contributed by atoms with Crippen molar-refractivity contribution in [1.29, 1.82) is 0 Å². The zero-order chi connectivity index (χ0) is 13.4. The molecular formula is C16H23N3. The van der Waals surface area contributed by atoms with E-state index in [4.69, 9.17) is 0 Å². The second-order valence-corrected chi connectivity index (χ2v) is 5.92. The summed E-state index contributed by atoms with van der Waals surface area (Å²) in [6, 6.07) is 6.83. The number of likely N-dealkylation sites (N-methyl/N-ethyl adjacent to an activating group) is 1. The highest BCUT2D eigenvalue weighted by molar-refractivity contribution is 5.84. The summed E-state index contributed by atoms with van der Waals surface area (Å²) in [4.78, 5) is 8.53. The van der Waals surface area contributed by atoms with E-state index in [9.17, 15) is 0 Å². The third kappa shape index (κ3) is 2.67. The average Bonchev–Trinajstić information content (AvgIpc) is 2.75. The lowest BCUT2D eigenvalue weighted by atomic mass is 10.1. The lowest BCUT2D eigenvalue weighted by molar-refractivity contribution is 0.147. The summed E-state index contributed by atoms with van der Waals surface area (Å²) in [5.74, 6) is 0. The minimum absolute atomic E-state index is 1.04. The Hall–Kier alpha value is -1.32. The fourth-order valence-corrected chi connectivity index (χ4v) is 3.00. The van der Waals surface area contributed by atoms with Crippen LogP contribution in [0.3, 0.4) is 0 Å². The molecule has 0 atom stereocenters. The smallest absolute Gasteiger partial charge is 0.0486 e. The number of aromatic amines is 1. The second-order valence-electron chi connectivity index (χ2n) is 5.92. The van der Waals surface area contributed by atoms with Crippen molar-refractivity contribution >= 4 is 10.9 Å². The Morgan fingerprint density at radius 3 is 2.53 bits per heavy atom. The normalized spacial score (nSPS) is 18.3. The molecule has 19 heavy (non-hydrogen) atoms. The Morgan fingerprint density at radius 1 is 1.05 bits per heavy atom. The van der Waals surface area contributed by atoms with Gasteiger partial charge in [0.1, 0.15) is 0 Å². The molecule has 1 fully saturated rings. The SMILES string of the molecule is Cc1cc(C)c2[nH]c(CN3CCN(C)CC3)cc2c1. The van der Waals surface area contributed by atoms with E-state index in [1.165, 1.54) is 53.9 Å². The topological polar surface area (TPSA) is 22.3 Å². The van der Waals surface area contributed by atoms with E-state index in [2.05, 4.69) is 53.9 Å². The largest absolute Gasteiger partial charge is 0.357 e. The van der Waals surface area contributed by atoms with E-state index >= 15 is 0 Å². The predicted molar refractivity (Wildman–Crippen MR) is 80.5 cm³/mol. The van der Waals surface area contributed by atoms with Gasteiger partial charge in [0.15, 0.2) is 0 Å². The summed E-state index contributed by atoms with van der Waals surface area (Å²) in [6.07, 6.45) is 0. The highest BCUT2D eigenvalue weighted by Crippen LogP contribution is 2.22. The van der Waals surface area contributed by atoms with Crippen molar-refractivity contribution < 1.29 is 0 Å². The van der Waals surface area contributed by atoms with Crippen LogP contribution in [0.2, 0.25) is 0 Å². The zero-order valence-electron chi connectivity index (χ0n) is 12.2. The van der Waals surface area contributed by atoms with Crippen LogP contribution in [0.1, 0.15) is 16.8 Å². The first-order valence-electron chi connectivity index (χ1n) is 7.11. The number of aromatic nitrogens is 1. The Morgan fingerprint density at radius 2 is 1.79 bits per heavy atom. The molecule has 1 aromatic heterocycles. The van der Waals surface area contributed by atoms with Crippen molar-refractivity contribution in [2.75, 3.05) is 33.2 Å². The van der Waals surface area contributed by atoms with Crippen LogP contribution in [0.4, 0.5) is 0 Å². The lowest BCUT2D eigenvalue weighted by Crippen LogP contribution is -2.43. The summed E-state index contributed by atoms with van der Waals surface area (Å²) < 4.78 is 0. The molecule has 2 aromatic rings. The van der Waals surface area contributed by atoms with E-state index in [1.54, 1.807) is 0 Å². The molecule has 3 nitrogen and oxygen atoms in total. The van der Waals surface area contributed by atoms with Crippen molar-refractivity contribution in [3.8, 4) is 0 Å². The summed E-state index contributed by atoms with van der Waals surface area (Å²) >= 11 is 0. The number of hydrogen-bond acceptors (Lipinski definition) is 2. The molecule has 0 unspecified atom stereocenters. The molecule has 3 heteroatoms. The Bertz CT molecular complexity index is 577. The van der Waals surface area contributed by atoms with Gasteiger partial charge in [0.25, 0.3) is 0 Å². The Kier molecular flexibility index (Phi) is 3.33. The van der Waals surface area contributed by atoms with Crippen molar-refractivity contribution in [2.24, 2.45) is 0 Å². The fraction of sp³-hybridized carbons (Fsp3) is 0.500. The molecule has 0 spiro atoms. The first-order valence-corrected chi connectivity index (χ1v) is 7.11. The minimum Gasteiger partial charge on any atom is -0.357 e. The first-order chi connectivity index (χ1) is 9.11. The van der Waals surface area contributed by atoms with Gasteiger partial charge in [0.05, 0.1) is 0 Å². The van der Waals surface area contributed by atoms with Crippen molar-refractivity contribution in [3.63, 3.8) is 0 Å². The van der Waals surface area contributed by atoms with Gasteiger partial charge in [0, 0.05) is 49.3 Å². The number of aryl methyl sites for hydroxylation is 2. The van der Waals surface area contributed by atoms with Gasteiger partial charge in [-0.2, -0.15) is 0 Å². The number of nitrogens with one attached hydrogen (secondary N) is 1. The van der Waals surface area contributed by atoms with Crippen molar-refractivity contribution in [2.45, 2.75) is 20.4 Å². The van der Waals surface area contributed by atoms with E-state index < -0.39 is 0 Å². The molecule has 0 amide bonds. The highest BCUT2D eigenvalue weighted by Gasteiger charge is 2.15. The van der Waals surface area contributed by atoms with Crippen LogP contribution in [0.25, 0.3) is 10.9 Å². The molecule has 0 aliphatic carbocycles. The lowest BCUT2D eigenvalue weighted by Gasteiger charge is -2.31. The number of piperazine rings is 1. The summed E-state index contributed by atoms with van der Waals surface area (Å²) in [7, 11) is 2.20. The van der Waals surface area contributed by atoms with Crippen molar-refractivity contribution in [1.82, 2.24) is 14.8 Å². The van der Waals surface area contributed by atoms with E-state index in [0.29, 0.717) is 0 Å². The third-order valence-corrected chi connectivity index (χ3v) is 4.12. The van der Waals surface area contributed by atoms with Gasteiger partial charge in [-0.25, -0.2) is 0 Å². The van der Waals surface area contributed by atoms with Crippen LogP contribution < -0.4 is 0 Å². The van der Waals surface area contributed by atoms with E-state index in [0.717, 1.165) is 6.54 Å². The Balaban J connectivity index is 1.80. The number of rotatable bonds is 2. The van der Waals surface area contributed by atoms with Crippen LogP contribution in [0.15, 0.2) is 18.2 Å². The summed E-state index contributed by atoms with van der Waals surface area (Å²) in [5, 5.41) is 1.35. The Labute approximate surface area is 115 Å². The van der Waals surface area contributed by atoms with Crippen LogP contribution >= 0.6 is 0 Å². The van der Waals surface area contributed by atoms with Crippen molar-refractivity contribution in [3.05, 3.63) is 35.0 Å². The maximum atomic E-state index is 3.59. The molecule has 1 aliphatic heterocycles. The van der Waals surface area contributed by atoms with Gasteiger partial charge in [-0.3, -0.25) is 4.90 Å². The summed E-state index contributed by atoms with van der Waals surface area (Å²) in [5.41, 5.74) is 5.33. The number of H-pyrrole nitrogens is 1. The van der Waals surface area contributed by atoms with Gasteiger partial charge in [-0.1, -0.05) is 11.6 Å². The van der Waals surface area contributed by atoms with E-state index in [1.807, 2.05) is 0 Å². The monoisotopic (exact) mass is 257 g/mol. The van der Waals surface area contributed by atoms with Crippen LogP contribution in [0.5, 0.6) is 0 Å². The molecule has 1 aromatic carbocycles. The quantitative estimate of drug-likeness (QED) is 0.893. The van der Waals surface area contributed by atoms with Crippen LogP contribution in [0, 0.1) is 13.8 Å². The standard InChI is InChI=1S/C16H23N3/c1-12-8-13(2)16-14(9-12)10-15(17-16)11-19-6-4-18(3)5-7-19/h8-10,17H,4-7,11H2,1-3H3. The molecule has 3 rings (SSSR count). The fourth-order valence-electron chi connectivity index (χ4n) is 3.00. The van der Waals surface area contributed by atoms with Gasteiger partial charge in [-0.15, -0.1) is 0 Å². The van der Waals surface area contributed by atoms with Gasteiger partial charge < -0.3 is 9.88 Å². The van der Waals surface area contributed by atoms with Gasteiger partial charge in [0.2, 0.25) is 0 Å². The van der Waals surface area contributed by atoms with Gasteiger partial charge >= 0.3 is 0 Å². The molecular weight excluding hydrogens is 234 g/mol. The highest BCUT2D eigenvalue weighted by atomic mass is 15.2. The van der Waals surface area contributed by atoms with Crippen LogP contribution in [-0.2, 0) is 6.54 Å². The number of nitrogens with zero attached hydrogens (tertiary/aromatic N) is 2. The second kappa shape index (κ2) is 4.99. The number of hydrogen-bond donors (Lipinski definition) is 1. The zero-order valence-corrected chi connectivity index (χ0v) is 12.2. The minimum atomic E-state index is 1.04. The maximum absolute atomic E-state index is 3.59. The summed E-state index contributed by atoms with van der Waals surface area (Å²) in [6.45, 7) is 10.1. The number of fused-ring (bicyclic) bond motifs is 1. The van der Waals surface area contributed by atoms with Crippen LogP contribution in [-0.4, -0.2) is 48.0 Å². The molecule has 1 saturated heterocycles. The molecule has 102 valence electrons. The molecule has 1 N–H and O–H groups in total. The number of benzene rings is 1. The average molecular weight is 257 g/mol. The molecule has 0 radical (unpaired) electrons. The first kappa shape index (κ1) is 12.7. The molecule has 0 saturated carbocycles. The van der Waals surface area contributed by atoms with E-state index in [-0.39, 0.29) is 0 Å². The molecule has 0 bridgehead atoms.